The molecule has 3 N–H and O–H groups in total. The zero-order valence-electron chi connectivity index (χ0n) is 12.0. The van der Waals surface area contributed by atoms with Gasteiger partial charge in [-0.1, -0.05) is 13.8 Å². The average molecular weight is 299 g/mol. The molecule has 0 fully saturated rings. The van der Waals surface area contributed by atoms with Crippen molar-refractivity contribution in [2.24, 2.45) is 5.41 Å². The van der Waals surface area contributed by atoms with Crippen LogP contribution >= 0.6 is 11.3 Å². The van der Waals surface area contributed by atoms with Gasteiger partial charge in [0.25, 0.3) is 5.91 Å². The maximum Gasteiger partial charge on any atom is 0.270 e. The summed E-state index contributed by atoms with van der Waals surface area (Å²) in [5, 5.41) is 16.2. The summed E-state index contributed by atoms with van der Waals surface area (Å²) in [7, 11) is 0. The van der Waals surface area contributed by atoms with E-state index in [0.717, 1.165) is 6.42 Å². The minimum atomic E-state index is -0.255. The van der Waals surface area contributed by atoms with Crippen molar-refractivity contribution >= 4 is 28.3 Å². The van der Waals surface area contributed by atoms with Gasteiger partial charge in [0, 0.05) is 25.5 Å². The van der Waals surface area contributed by atoms with Gasteiger partial charge in [0.2, 0.25) is 5.91 Å². The number of nitrogens with zero attached hydrogens (tertiary/aromatic N) is 1. The fourth-order valence-corrected chi connectivity index (χ4v) is 2.38. The number of thiazole rings is 1. The molecule has 0 saturated carbocycles. The second-order valence-electron chi connectivity index (χ2n) is 5.39. The normalized spacial score (nSPS) is 11.2. The topological polar surface area (TPSA) is 91.3 Å². The molecule has 2 amide bonds. The highest BCUT2D eigenvalue weighted by Gasteiger charge is 2.19. The first-order valence-corrected chi connectivity index (χ1v) is 7.34. The molecule has 0 saturated heterocycles. The van der Waals surface area contributed by atoms with E-state index in [4.69, 9.17) is 5.11 Å². The average Bonchev–Trinajstić information content (AvgIpc) is 2.81. The number of aromatic nitrogens is 1. The van der Waals surface area contributed by atoms with Crippen LogP contribution in [0.5, 0.6) is 0 Å². The van der Waals surface area contributed by atoms with E-state index in [1.807, 2.05) is 13.8 Å². The molecule has 1 aromatic rings. The van der Waals surface area contributed by atoms with E-state index in [2.05, 4.69) is 15.6 Å². The lowest BCUT2D eigenvalue weighted by atomic mass is 9.88. The quantitative estimate of drug-likeness (QED) is 0.713. The van der Waals surface area contributed by atoms with Crippen LogP contribution in [0.1, 0.15) is 44.1 Å². The van der Waals surface area contributed by atoms with Gasteiger partial charge in [-0.3, -0.25) is 9.59 Å². The van der Waals surface area contributed by atoms with Gasteiger partial charge in [-0.25, -0.2) is 4.98 Å². The summed E-state index contributed by atoms with van der Waals surface area (Å²) < 4.78 is 0. The summed E-state index contributed by atoms with van der Waals surface area (Å²) in [6.45, 7) is 6.13. The summed E-state index contributed by atoms with van der Waals surface area (Å²) in [6, 6.07) is 0. The second kappa shape index (κ2) is 7.35. The predicted octanol–water partition coefficient (Wildman–Crippen LogP) is 1.63. The molecule has 1 rings (SSSR count). The Bertz CT molecular complexity index is 471. The Labute approximate surface area is 122 Å². The van der Waals surface area contributed by atoms with Crippen molar-refractivity contribution in [3.8, 4) is 0 Å². The van der Waals surface area contributed by atoms with E-state index in [-0.39, 0.29) is 23.8 Å². The molecular weight excluding hydrogens is 278 g/mol. The molecule has 20 heavy (non-hydrogen) atoms. The van der Waals surface area contributed by atoms with Crippen LogP contribution in [0.25, 0.3) is 0 Å². The zero-order valence-corrected chi connectivity index (χ0v) is 12.8. The zero-order chi connectivity index (χ0) is 15.2. The van der Waals surface area contributed by atoms with Crippen LogP contribution in [0, 0.1) is 5.41 Å². The molecular formula is C13H21N3O3S. The van der Waals surface area contributed by atoms with Crippen molar-refractivity contribution in [3.05, 3.63) is 11.1 Å². The highest BCUT2D eigenvalue weighted by atomic mass is 32.1. The molecule has 0 aliphatic heterocycles. The fraction of sp³-hybridized carbons (Fsp3) is 0.615. The van der Waals surface area contributed by atoms with Crippen LogP contribution in [-0.4, -0.2) is 35.1 Å². The van der Waals surface area contributed by atoms with Gasteiger partial charge < -0.3 is 15.7 Å². The lowest BCUT2D eigenvalue weighted by Gasteiger charge is -2.24. The van der Waals surface area contributed by atoms with Gasteiger partial charge in [-0.2, -0.15) is 0 Å². The van der Waals surface area contributed by atoms with Crippen molar-refractivity contribution in [3.63, 3.8) is 0 Å². The third-order valence-corrected chi connectivity index (χ3v) is 3.52. The molecule has 0 aromatic carbocycles. The van der Waals surface area contributed by atoms with Crippen LogP contribution in [-0.2, 0) is 4.79 Å². The number of hydrogen-bond acceptors (Lipinski definition) is 5. The molecule has 0 atom stereocenters. The number of hydrogen-bond donors (Lipinski definition) is 3. The van der Waals surface area contributed by atoms with E-state index < -0.39 is 0 Å². The van der Waals surface area contributed by atoms with Gasteiger partial charge in [-0.05, 0) is 18.3 Å². The van der Waals surface area contributed by atoms with Crippen molar-refractivity contribution < 1.29 is 14.7 Å². The number of nitrogens with one attached hydrogen (secondary N) is 2. The lowest BCUT2D eigenvalue weighted by molar-refractivity contribution is -0.114. The largest absolute Gasteiger partial charge is 0.396 e. The molecule has 0 bridgehead atoms. The third kappa shape index (κ3) is 5.66. The van der Waals surface area contributed by atoms with Crippen molar-refractivity contribution in [1.29, 1.82) is 0 Å². The fourth-order valence-electron chi connectivity index (χ4n) is 1.64. The minimum absolute atomic E-state index is 0.0745. The molecule has 6 nitrogen and oxygen atoms in total. The molecule has 112 valence electrons. The lowest BCUT2D eigenvalue weighted by Crippen LogP contribution is -2.34. The van der Waals surface area contributed by atoms with Crippen molar-refractivity contribution in [2.45, 2.75) is 33.6 Å². The summed E-state index contributed by atoms with van der Waals surface area (Å²) in [4.78, 5) is 26.9. The number of aliphatic hydroxyl groups excluding tert-OH is 1. The Balaban J connectivity index is 2.50. The molecule has 1 heterocycles. The van der Waals surface area contributed by atoms with E-state index in [1.54, 1.807) is 5.38 Å². The standard InChI is InChI=1S/C13H21N3O3S/c1-9(18)15-12-16-10(7-20-12)11(19)14-8-13(2,3)5-4-6-17/h7,17H,4-6,8H2,1-3H3,(H,14,19)(H,15,16,18). The van der Waals surface area contributed by atoms with Crippen molar-refractivity contribution in [2.75, 3.05) is 18.5 Å². The molecule has 0 radical (unpaired) electrons. The van der Waals surface area contributed by atoms with E-state index >= 15 is 0 Å². The smallest absolute Gasteiger partial charge is 0.270 e. The first-order valence-electron chi connectivity index (χ1n) is 6.46. The monoisotopic (exact) mass is 299 g/mol. The number of anilines is 1. The number of carbonyl (C=O) groups excluding carboxylic acids is 2. The Hall–Kier alpha value is -1.47. The van der Waals surface area contributed by atoms with Crippen LogP contribution in [0.3, 0.4) is 0 Å². The van der Waals surface area contributed by atoms with Crippen LogP contribution in [0.4, 0.5) is 5.13 Å². The summed E-state index contributed by atoms with van der Waals surface area (Å²) in [6.07, 6.45) is 1.55. The molecule has 0 unspecified atom stereocenters. The third-order valence-electron chi connectivity index (χ3n) is 2.76. The highest BCUT2D eigenvalue weighted by molar-refractivity contribution is 7.14. The summed E-state index contributed by atoms with van der Waals surface area (Å²) >= 11 is 1.22. The van der Waals surface area contributed by atoms with Gasteiger partial charge >= 0.3 is 0 Å². The van der Waals surface area contributed by atoms with Gasteiger partial charge in [-0.15, -0.1) is 11.3 Å². The van der Waals surface area contributed by atoms with Gasteiger partial charge in [0.15, 0.2) is 5.13 Å². The van der Waals surface area contributed by atoms with Gasteiger partial charge in [0.1, 0.15) is 5.69 Å². The minimum Gasteiger partial charge on any atom is -0.396 e. The first kappa shape index (κ1) is 16.6. The van der Waals surface area contributed by atoms with Crippen LogP contribution < -0.4 is 10.6 Å². The predicted molar refractivity (Wildman–Crippen MR) is 78.9 cm³/mol. The number of rotatable bonds is 7. The number of carbonyl (C=O) groups is 2. The maximum absolute atomic E-state index is 11.9. The second-order valence-corrected chi connectivity index (χ2v) is 6.25. The van der Waals surface area contributed by atoms with Crippen LogP contribution in [0.15, 0.2) is 5.38 Å². The molecule has 1 aromatic heterocycles. The Morgan fingerprint density at radius 3 is 2.75 bits per heavy atom. The molecule has 0 aliphatic carbocycles. The van der Waals surface area contributed by atoms with Gasteiger partial charge in [0.05, 0.1) is 0 Å². The number of amides is 2. The SMILES string of the molecule is CC(=O)Nc1nc(C(=O)NCC(C)(C)CCCO)cs1. The molecule has 7 heteroatoms. The van der Waals surface area contributed by atoms with Crippen LogP contribution in [0.2, 0.25) is 0 Å². The van der Waals surface area contributed by atoms with E-state index in [9.17, 15) is 9.59 Å². The Kier molecular flexibility index (Phi) is 6.09. The summed E-state index contributed by atoms with van der Waals surface area (Å²) in [5.41, 5.74) is 0.228. The Morgan fingerprint density at radius 1 is 1.45 bits per heavy atom. The molecule has 0 aliphatic rings. The number of aliphatic hydroxyl groups is 1. The molecule has 0 spiro atoms. The van der Waals surface area contributed by atoms with E-state index in [0.29, 0.717) is 23.8 Å². The van der Waals surface area contributed by atoms with Crippen molar-refractivity contribution in [1.82, 2.24) is 10.3 Å². The summed E-state index contributed by atoms with van der Waals surface area (Å²) in [5.74, 6) is -0.466. The van der Waals surface area contributed by atoms with E-state index in [1.165, 1.54) is 18.3 Å². The highest BCUT2D eigenvalue weighted by Crippen LogP contribution is 2.21. The Morgan fingerprint density at radius 2 is 2.15 bits per heavy atom. The first-order chi connectivity index (χ1) is 9.34. The maximum atomic E-state index is 11.9.